The predicted octanol–water partition coefficient (Wildman–Crippen LogP) is 3.09. The molecule has 0 spiro atoms. The van der Waals surface area contributed by atoms with Gasteiger partial charge in [-0.3, -0.25) is 0 Å². The van der Waals surface area contributed by atoms with Gasteiger partial charge in [0.2, 0.25) is 0 Å². The van der Waals surface area contributed by atoms with Gasteiger partial charge in [0, 0.05) is 18.7 Å². The number of aromatic nitrogens is 2. The number of imidazole rings is 1. The fourth-order valence-corrected chi connectivity index (χ4v) is 2.34. The van der Waals surface area contributed by atoms with Crippen molar-refractivity contribution >= 4 is 11.0 Å². The number of para-hydroxylation sites is 2. The van der Waals surface area contributed by atoms with Gasteiger partial charge in [0.05, 0.1) is 11.0 Å². The molecule has 19 heavy (non-hydrogen) atoms. The van der Waals surface area contributed by atoms with Crippen LogP contribution in [-0.4, -0.2) is 21.3 Å². The molecule has 96 valence electrons. The van der Waals surface area contributed by atoms with E-state index in [1.54, 1.807) is 0 Å². The second kappa shape index (κ2) is 5.24. The molecule has 0 aliphatic rings. The average molecular weight is 252 g/mol. The standard InChI is InChI=1S/C16H16N2O/c19-12-6-11-18-15-10-5-4-9-14(15)17-16(18)13-7-2-1-3-8-13/h1-5,7-10,19H,6,11-12H2. The van der Waals surface area contributed by atoms with Gasteiger partial charge in [0.25, 0.3) is 0 Å². The molecule has 0 amide bonds. The van der Waals surface area contributed by atoms with Gasteiger partial charge >= 0.3 is 0 Å². The van der Waals surface area contributed by atoms with E-state index in [4.69, 9.17) is 10.1 Å². The monoisotopic (exact) mass is 252 g/mol. The third-order valence-electron chi connectivity index (χ3n) is 3.23. The van der Waals surface area contributed by atoms with Gasteiger partial charge in [-0.1, -0.05) is 42.5 Å². The molecule has 0 atom stereocenters. The van der Waals surface area contributed by atoms with Crippen LogP contribution in [0.5, 0.6) is 0 Å². The Bertz CT molecular complexity index is 674. The Morgan fingerprint density at radius 1 is 0.947 bits per heavy atom. The highest BCUT2D eigenvalue weighted by molar-refractivity contribution is 5.80. The van der Waals surface area contributed by atoms with Crippen molar-refractivity contribution in [2.75, 3.05) is 6.61 Å². The smallest absolute Gasteiger partial charge is 0.141 e. The number of benzene rings is 2. The van der Waals surface area contributed by atoms with Crippen LogP contribution >= 0.6 is 0 Å². The van der Waals surface area contributed by atoms with Crippen LogP contribution in [0.4, 0.5) is 0 Å². The minimum Gasteiger partial charge on any atom is -0.396 e. The summed E-state index contributed by atoms with van der Waals surface area (Å²) in [5, 5.41) is 9.06. The summed E-state index contributed by atoms with van der Waals surface area (Å²) in [5.74, 6) is 0.968. The highest BCUT2D eigenvalue weighted by Crippen LogP contribution is 2.24. The first-order chi connectivity index (χ1) is 9.40. The van der Waals surface area contributed by atoms with Gasteiger partial charge in [0.15, 0.2) is 0 Å². The fourth-order valence-electron chi connectivity index (χ4n) is 2.34. The van der Waals surface area contributed by atoms with Crippen LogP contribution in [-0.2, 0) is 6.54 Å². The molecule has 1 N–H and O–H groups in total. The molecular weight excluding hydrogens is 236 g/mol. The lowest BCUT2D eigenvalue weighted by molar-refractivity contribution is 0.281. The molecule has 1 aromatic heterocycles. The maximum Gasteiger partial charge on any atom is 0.141 e. The Hall–Kier alpha value is -2.13. The highest BCUT2D eigenvalue weighted by atomic mass is 16.3. The van der Waals surface area contributed by atoms with E-state index in [0.717, 1.165) is 35.4 Å². The van der Waals surface area contributed by atoms with Crippen LogP contribution in [0.25, 0.3) is 22.4 Å². The predicted molar refractivity (Wildman–Crippen MR) is 76.9 cm³/mol. The van der Waals surface area contributed by atoms with E-state index in [1.165, 1.54) is 0 Å². The first-order valence-electron chi connectivity index (χ1n) is 6.51. The maximum absolute atomic E-state index is 9.06. The van der Waals surface area contributed by atoms with E-state index in [1.807, 2.05) is 36.4 Å². The van der Waals surface area contributed by atoms with Crippen LogP contribution in [0.15, 0.2) is 54.6 Å². The molecular formula is C16H16N2O. The van der Waals surface area contributed by atoms with E-state index in [9.17, 15) is 0 Å². The Balaban J connectivity index is 2.17. The van der Waals surface area contributed by atoms with Crippen molar-refractivity contribution in [1.82, 2.24) is 9.55 Å². The Labute approximate surface area is 112 Å². The summed E-state index contributed by atoms with van der Waals surface area (Å²) < 4.78 is 2.18. The summed E-state index contributed by atoms with van der Waals surface area (Å²) in [6.45, 7) is 0.974. The molecule has 3 heteroatoms. The molecule has 0 fully saturated rings. The van der Waals surface area contributed by atoms with Gasteiger partial charge in [0.1, 0.15) is 5.82 Å². The summed E-state index contributed by atoms with van der Waals surface area (Å²) in [7, 11) is 0. The van der Waals surface area contributed by atoms with Crippen LogP contribution in [0.3, 0.4) is 0 Å². The van der Waals surface area contributed by atoms with Crippen molar-refractivity contribution in [2.45, 2.75) is 13.0 Å². The molecule has 0 saturated heterocycles. The molecule has 0 unspecified atom stereocenters. The van der Waals surface area contributed by atoms with Crippen molar-refractivity contribution in [1.29, 1.82) is 0 Å². The Morgan fingerprint density at radius 3 is 2.47 bits per heavy atom. The maximum atomic E-state index is 9.06. The quantitative estimate of drug-likeness (QED) is 0.775. The molecule has 0 aliphatic carbocycles. The largest absolute Gasteiger partial charge is 0.396 e. The zero-order valence-electron chi connectivity index (χ0n) is 10.7. The minimum atomic E-state index is 0.195. The normalized spacial score (nSPS) is 11.0. The number of aliphatic hydroxyl groups is 1. The molecule has 0 bridgehead atoms. The first kappa shape index (κ1) is 11.9. The molecule has 1 heterocycles. The molecule has 2 aromatic carbocycles. The third-order valence-corrected chi connectivity index (χ3v) is 3.23. The Morgan fingerprint density at radius 2 is 1.68 bits per heavy atom. The third kappa shape index (κ3) is 2.25. The number of hydrogen-bond acceptors (Lipinski definition) is 2. The van der Waals surface area contributed by atoms with Gasteiger partial charge < -0.3 is 9.67 Å². The topological polar surface area (TPSA) is 38.0 Å². The number of aryl methyl sites for hydroxylation is 1. The van der Waals surface area contributed by atoms with E-state index in [-0.39, 0.29) is 6.61 Å². The minimum absolute atomic E-state index is 0.195. The summed E-state index contributed by atoms with van der Waals surface area (Å²) in [4.78, 5) is 4.72. The first-order valence-corrected chi connectivity index (χ1v) is 6.51. The fraction of sp³-hybridized carbons (Fsp3) is 0.188. The summed E-state index contributed by atoms with van der Waals surface area (Å²) >= 11 is 0. The number of aliphatic hydroxyl groups excluding tert-OH is 1. The second-order valence-corrected chi connectivity index (χ2v) is 4.52. The molecule has 3 rings (SSSR count). The van der Waals surface area contributed by atoms with Gasteiger partial charge in [-0.05, 0) is 18.6 Å². The lowest BCUT2D eigenvalue weighted by Crippen LogP contribution is -2.02. The zero-order valence-corrected chi connectivity index (χ0v) is 10.7. The van der Waals surface area contributed by atoms with E-state index >= 15 is 0 Å². The number of nitrogens with zero attached hydrogens (tertiary/aromatic N) is 2. The number of hydrogen-bond donors (Lipinski definition) is 1. The SMILES string of the molecule is OCCCn1c(-c2ccccc2)nc2ccccc21. The molecule has 0 aliphatic heterocycles. The summed E-state index contributed by atoms with van der Waals surface area (Å²) in [5.41, 5.74) is 3.23. The van der Waals surface area contributed by atoms with Crippen LogP contribution in [0, 0.1) is 0 Å². The van der Waals surface area contributed by atoms with Crippen LogP contribution in [0.1, 0.15) is 6.42 Å². The van der Waals surface area contributed by atoms with Crippen molar-refractivity contribution in [2.24, 2.45) is 0 Å². The van der Waals surface area contributed by atoms with Crippen LogP contribution < -0.4 is 0 Å². The van der Waals surface area contributed by atoms with Crippen LogP contribution in [0.2, 0.25) is 0 Å². The average Bonchev–Trinajstić information content (AvgIpc) is 2.85. The second-order valence-electron chi connectivity index (χ2n) is 4.52. The molecule has 0 saturated carbocycles. The Kier molecular flexibility index (Phi) is 3.29. The number of fused-ring (bicyclic) bond motifs is 1. The summed E-state index contributed by atoms with van der Waals surface area (Å²) in [6.07, 6.45) is 0.736. The zero-order chi connectivity index (χ0) is 13.1. The van der Waals surface area contributed by atoms with Crippen molar-refractivity contribution in [3.8, 4) is 11.4 Å². The van der Waals surface area contributed by atoms with Crippen molar-refractivity contribution < 1.29 is 5.11 Å². The van der Waals surface area contributed by atoms with Crippen molar-refractivity contribution in [3.05, 3.63) is 54.6 Å². The van der Waals surface area contributed by atoms with Gasteiger partial charge in [-0.25, -0.2) is 4.98 Å². The number of rotatable bonds is 4. The lowest BCUT2D eigenvalue weighted by Gasteiger charge is -2.08. The van der Waals surface area contributed by atoms with E-state index in [2.05, 4.69) is 22.8 Å². The van der Waals surface area contributed by atoms with E-state index in [0.29, 0.717) is 0 Å². The summed E-state index contributed by atoms with van der Waals surface area (Å²) in [6, 6.07) is 18.3. The molecule has 3 aromatic rings. The van der Waals surface area contributed by atoms with Crippen molar-refractivity contribution in [3.63, 3.8) is 0 Å². The molecule has 3 nitrogen and oxygen atoms in total. The molecule has 0 radical (unpaired) electrons. The van der Waals surface area contributed by atoms with Gasteiger partial charge in [-0.15, -0.1) is 0 Å². The highest BCUT2D eigenvalue weighted by Gasteiger charge is 2.11. The van der Waals surface area contributed by atoms with Gasteiger partial charge in [-0.2, -0.15) is 0 Å². The van der Waals surface area contributed by atoms with E-state index < -0.39 is 0 Å². The lowest BCUT2D eigenvalue weighted by atomic mass is 10.2.